The van der Waals surface area contributed by atoms with Crippen molar-refractivity contribution in [1.82, 2.24) is 9.55 Å². The molecule has 0 aliphatic heterocycles. The first kappa shape index (κ1) is 13.2. The van der Waals surface area contributed by atoms with Crippen molar-refractivity contribution < 1.29 is 0 Å². The van der Waals surface area contributed by atoms with Crippen LogP contribution in [0.5, 0.6) is 0 Å². The normalized spacial score (nSPS) is 10.7. The van der Waals surface area contributed by atoms with E-state index in [1.165, 1.54) is 0 Å². The van der Waals surface area contributed by atoms with Crippen molar-refractivity contribution in [2.24, 2.45) is 0 Å². The van der Waals surface area contributed by atoms with E-state index in [1.807, 2.05) is 23.8 Å². The largest absolute Gasteiger partial charge is 0.355 e. The third-order valence-electron chi connectivity index (χ3n) is 2.53. The fourth-order valence-electron chi connectivity index (χ4n) is 1.71. The molecule has 0 radical (unpaired) electrons. The van der Waals surface area contributed by atoms with Crippen LogP contribution < -0.4 is 5.32 Å². The van der Waals surface area contributed by atoms with Gasteiger partial charge >= 0.3 is 0 Å². The number of nitrogens with zero attached hydrogens (tertiary/aromatic N) is 2. The van der Waals surface area contributed by atoms with Crippen molar-refractivity contribution in [2.45, 2.75) is 20.3 Å². The summed E-state index contributed by atoms with van der Waals surface area (Å²) in [4.78, 5) is 4.45. The molecule has 0 saturated carbocycles. The number of nitrogens with one attached hydrogen (secondary N) is 1. The topological polar surface area (TPSA) is 29.9 Å². The zero-order valence-corrected chi connectivity index (χ0v) is 11.9. The summed E-state index contributed by atoms with van der Waals surface area (Å²) in [5.74, 6) is 0.790. The van der Waals surface area contributed by atoms with E-state index in [0.29, 0.717) is 10.0 Å². The number of halogens is 2. The number of hydrogen-bond donors (Lipinski definition) is 1. The summed E-state index contributed by atoms with van der Waals surface area (Å²) < 4.78 is 1.93. The summed E-state index contributed by atoms with van der Waals surface area (Å²) in [5.41, 5.74) is 1.77. The highest BCUT2D eigenvalue weighted by molar-refractivity contribution is 6.34. The lowest BCUT2D eigenvalue weighted by molar-refractivity contribution is 0.937. The van der Waals surface area contributed by atoms with Crippen molar-refractivity contribution in [3.05, 3.63) is 40.1 Å². The minimum atomic E-state index is 0.649. The number of aryl methyl sites for hydroxylation is 1. The summed E-state index contributed by atoms with van der Waals surface area (Å²) >= 11 is 12.2. The van der Waals surface area contributed by atoms with Crippen LogP contribution >= 0.6 is 23.2 Å². The third kappa shape index (κ3) is 2.79. The third-order valence-corrected chi connectivity index (χ3v) is 3.08. The Kier molecular flexibility index (Phi) is 4.15. The van der Waals surface area contributed by atoms with Gasteiger partial charge in [0.1, 0.15) is 0 Å². The number of aromatic nitrogens is 2. The molecule has 0 aliphatic carbocycles. The van der Waals surface area contributed by atoms with Gasteiger partial charge in [-0.3, -0.25) is 4.57 Å². The van der Waals surface area contributed by atoms with Gasteiger partial charge in [-0.25, -0.2) is 4.98 Å². The molecule has 0 spiro atoms. The van der Waals surface area contributed by atoms with Gasteiger partial charge in [-0.1, -0.05) is 30.1 Å². The van der Waals surface area contributed by atoms with Crippen molar-refractivity contribution in [3.63, 3.8) is 0 Å². The first-order valence-corrected chi connectivity index (χ1v) is 6.62. The quantitative estimate of drug-likeness (QED) is 0.906. The summed E-state index contributed by atoms with van der Waals surface area (Å²) in [7, 11) is 0. The van der Waals surface area contributed by atoms with E-state index in [4.69, 9.17) is 23.2 Å². The molecule has 0 unspecified atom stereocenters. The van der Waals surface area contributed by atoms with Crippen LogP contribution in [0.1, 0.15) is 19.0 Å². The Bertz CT molecular complexity index is 549. The Hall–Kier alpha value is -1.19. The number of imidazole rings is 1. The molecule has 0 aliphatic rings. The predicted octanol–water partition coefficient (Wildman–Crippen LogP) is 4.31. The van der Waals surface area contributed by atoms with Crippen molar-refractivity contribution in [2.75, 3.05) is 11.9 Å². The van der Waals surface area contributed by atoms with E-state index < -0.39 is 0 Å². The smallest absolute Gasteiger partial charge is 0.207 e. The Morgan fingerprint density at radius 2 is 2.11 bits per heavy atom. The standard InChI is InChI=1S/C13H15Cl2N3/c1-3-6-16-13-17-9(2)8-18(13)12-7-10(14)4-5-11(12)15/h4-5,7-8H,3,6H2,1-2H3,(H,16,17). The van der Waals surface area contributed by atoms with E-state index in [0.717, 1.165) is 30.3 Å². The SMILES string of the molecule is CCCNc1nc(C)cn1-c1cc(Cl)ccc1Cl. The van der Waals surface area contributed by atoms with Crippen LogP contribution in [-0.2, 0) is 0 Å². The Morgan fingerprint density at radius 1 is 1.33 bits per heavy atom. The molecule has 0 fully saturated rings. The van der Waals surface area contributed by atoms with Crippen LogP contribution in [0.2, 0.25) is 10.0 Å². The molecule has 3 nitrogen and oxygen atoms in total. The molecule has 0 bridgehead atoms. The molecule has 5 heteroatoms. The van der Waals surface area contributed by atoms with Crippen molar-refractivity contribution >= 4 is 29.2 Å². The first-order valence-electron chi connectivity index (χ1n) is 5.87. The maximum atomic E-state index is 6.21. The average molecular weight is 284 g/mol. The van der Waals surface area contributed by atoms with Crippen LogP contribution in [0.15, 0.2) is 24.4 Å². The fourth-order valence-corrected chi connectivity index (χ4v) is 2.09. The molecule has 1 N–H and O–H groups in total. The summed E-state index contributed by atoms with van der Waals surface area (Å²) in [6.45, 7) is 4.93. The molecule has 2 aromatic rings. The van der Waals surface area contributed by atoms with Crippen LogP contribution in [0.25, 0.3) is 5.69 Å². The van der Waals surface area contributed by atoms with Gasteiger partial charge in [0.2, 0.25) is 5.95 Å². The van der Waals surface area contributed by atoms with Gasteiger partial charge in [0, 0.05) is 17.8 Å². The summed E-state index contributed by atoms with van der Waals surface area (Å²) in [6, 6.07) is 5.40. The minimum absolute atomic E-state index is 0.649. The molecule has 1 aromatic heterocycles. The Labute approximate surface area is 117 Å². The van der Waals surface area contributed by atoms with Crippen LogP contribution in [0.4, 0.5) is 5.95 Å². The first-order chi connectivity index (χ1) is 8.61. The molecule has 18 heavy (non-hydrogen) atoms. The minimum Gasteiger partial charge on any atom is -0.355 e. The van der Waals surface area contributed by atoms with Gasteiger partial charge in [0.15, 0.2) is 0 Å². The Balaban J connectivity index is 2.45. The van der Waals surface area contributed by atoms with E-state index >= 15 is 0 Å². The van der Waals surface area contributed by atoms with Gasteiger partial charge in [-0.2, -0.15) is 0 Å². The second-order valence-corrected chi connectivity index (χ2v) is 4.94. The average Bonchev–Trinajstić information content (AvgIpc) is 2.71. The maximum absolute atomic E-state index is 6.21. The van der Waals surface area contributed by atoms with Crippen LogP contribution in [0, 0.1) is 6.92 Å². The van der Waals surface area contributed by atoms with E-state index in [1.54, 1.807) is 12.1 Å². The van der Waals surface area contributed by atoms with Crippen LogP contribution in [0.3, 0.4) is 0 Å². The van der Waals surface area contributed by atoms with Gasteiger partial charge in [-0.05, 0) is 31.5 Å². The van der Waals surface area contributed by atoms with Crippen molar-refractivity contribution in [1.29, 1.82) is 0 Å². The zero-order chi connectivity index (χ0) is 13.1. The van der Waals surface area contributed by atoms with Crippen LogP contribution in [-0.4, -0.2) is 16.1 Å². The molecule has 1 heterocycles. The molecule has 2 rings (SSSR count). The second-order valence-electron chi connectivity index (χ2n) is 4.10. The lowest BCUT2D eigenvalue weighted by Gasteiger charge is -2.10. The Morgan fingerprint density at radius 3 is 2.83 bits per heavy atom. The molecule has 0 atom stereocenters. The van der Waals surface area contributed by atoms with Gasteiger partial charge in [-0.15, -0.1) is 0 Å². The molecule has 96 valence electrons. The fraction of sp³-hybridized carbons (Fsp3) is 0.308. The summed E-state index contributed by atoms with van der Waals surface area (Å²) in [5, 5.41) is 4.58. The van der Waals surface area contributed by atoms with Gasteiger partial charge in [0.25, 0.3) is 0 Å². The number of rotatable bonds is 4. The predicted molar refractivity (Wildman–Crippen MR) is 77.1 cm³/mol. The monoisotopic (exact) mass is 283 g/mol. The lowest BCUT2D eigenvalue weighted by Crippen LogP contribution is -2.07. The highest BCUT2D eigenvalue weighted by atomic mass is 35.5. The van der Waals surface area contributed by atoms with Gasteiger partial charge < -0.3 is 5.32 Å². The highest BCUT2D eigenvalue weighted by Crippen LogP contribution is 2.27. The maximum Gasteiger partial charge on any atom is 0.207 e. The summed E-state index contributed by atoms with van der Waals surface area (Å²) in [6.07, 6.45) is 2.98. The molecule has 0 saturated heterocycles. The number of benzene rings is 1. The number of hydrogen-bond acceptors (Lipinski definition) is 2. The van der Waals surface area contributed by atoms with Crippen molar-refractivity contribution in [3.8, 4) is 5.69 Å². The second kappa shape index (κ2) is 5.63. The van der Waals surface area contributed by atoms with E-state index in [-0.39, 0.29) is 0 Å². The zero-order valence-electron chi connectivity index (χ0n) is 10.4. The van der Waals surface area contributed by atoms with E-state index in [9.17, 15) is 0 Å². The number of anilines is 1. The highest BCUT2D eigenvalue weighted by Gasteiger charge is 2.10. The molecule has 1 aromatic carbocycles. The molecule has 0 amide bonds. The molecular weight excluding hydrogens is 269 g/mol. The lowest BCUT2D eigenvalue weighted by atomic mass is 10.3. The molecular formula is C13H15Cl2N3. The van der Waals surface area contributed by atoms with Gasteiger partial charge in [0.05, 0.1) is 16.4 Å². The van der Waals surface area contributed by atoms with E-state index in [2.05, 4.69) is 17.2 Å².